The van der Waals surface area contributed by atoms with Gasteiger partial charge < -0.3 is 9.26 Å². The largest absolute Gasteiger partial charge is 0.434 e. The maximum absolute atomic E-state index is 12.3. The number of hydrogen-bond acceptors (Lipinski definition) is 6. The van der Waals surface area contributed by atoms with Crippen LogP contribution in [-0.2, 0) is 0 Å². The first kappa shape index (κ1) is 12.2. The summed E-state index contributed by atoms with van der Waals surface area (Å²) >= 11 is 0. The zero-order valence-corrected chi connectivity index (χ0v) is 9.83. The summed E-state index contributed by atoms with van der Waals surface area (Å²) in [6.45, 7) is -2.94. The maximum atomic E-state index is 12.3. The van der Waals surface area contributed by atoms with E-state index in [0.717, 1.165) is 0 Å². The lowest BCUT2D eigenvalue weighted by atomic mass is 10.2. The van der Waals surface area contributed by atoms with Gasteiger partial charge in [-0.15, -0.1) is 0 Å². The monoisotopic (exact) mass is 279 g/mol. The number of ether oxygens (including phenoxy) is 1. The second kappa shape index (κ2) is 5.03. The van der Waals surface area contributed by atoms with Crippen molar-refractivity contribution in [2.24, 2.45) is 0 Å². The number of nitrogens with one attached hydrogen (secondary N) is 1. The van der Waals surface area contributed by atoms with Crippen molar-refractivity contribution >= 4 is 0 Å². The molecular weight excluding hydrogens is 272 g/mol. The maximum Gasteiger partial charge on any atom is 0.387 e. The highest BCUT2D eigenvalue weighted by molar-refractivity contribution is 5.63. The van der Waals surface area contributed by atoms with E-state index in [4.69, 9.17) is 4.52 Å². The van der Waals surface area contributed by atoms with Crippen LogP contribution in [0.4, 0.5) is 8.78 Å². The van der Waals surface area contributed by atoms with Gasteiger partial charge in [-0.1, -0.05) is 17.3 Å². The average Bonchev–Trinajstić information content (AvgIpc) is 3.10. The van der Waals surface area contributed by atoms with Gasteiger partial charge >= 0.3 is 6.61 Å². The molecule has 2 heterocycles. The van der Waals surface area contributed by atoms with Crippen molar-refractivity contribution in [2.45, 2.75) is 6.61 Å². The minimum absolute atomic E-state index is 0.0460. The van der Waals surface area contributed by atoms with E-state index in [1.165, 1.54) is 18.5 Å². The zero-order chi connectivity index (χ0) is 13.9. The Labute approximate surface area is 110 Å². The van der Waals surface area contributed by atoms with Crippen molar-refractivity contribution in [3.8, 4) is 28.9 Å². The summed E-state index contributed by atoms with van der Waals surface area (Å²) in [5.41, 5.74) is 0.270. The van der Waals surface area contributed by atoms with E-state index in [2.05, 4.69) is 30.1 Å². The molecule has 20 heavy (non-hydrogen) atoms. The molecule has 0 atom stereocenters. The fourth-order valence-electron chi connectivity index (χ4n) is 1.58. The fourth-order valence-corrected chi connectivity index (χ4v) is 1.58. The predicted octanol–water partition coefficient (Wildman–Crippen LogP) is 2.12. The van der Waals surface area contributed by atoms with E-state index in [1.807, 2.05) is 0 Å². The number of nitrogens with zero attached hydrogens (tertiary/aromatic N) is 4. The van der Waals surface area contributed by atoms with Crippen LogP contribution in [0.25, 0.3) is 23.1 Å². The van der Waals surface area contributed by atoms with Crippen molar-refractivity contribution in [3.63, 3.8) is 0 Å². The first-order valence-corrected chi connectivity index (χ1v) is 5.47. The smallest absolute Gasteiger partial charge is 0.387 e. The summed E-state index contributed by atoms with van der Waals surface area (Å²) < 4.78 is 34.1. The topological polar surface area (TPSA) is 89.7 Å². The molecule has 0 spiro atoms. The lowest BCUT2D eigenvalue weighted by molar-refractivity contribution is -0.0495. The Morgan fingerprint density at radius 3 is 2.85 bits per heavy atom. The summed E-state index contributed by atoms with van der Waals surface area (Å²) in [6.07, 6.45) is 1.29. The van der Waals surface area contributed by atoms with Gasteiger partial charge in [0.2, 0.25) is 5.82 Å². The number of para-hydroxylation sites is 1. The quantitative estimate of drug-likeness (QED) is 0.786. The molecule has 0 amide bonds. The summed E-state index contributed by atoms with van der Waals surface area (Å²) in [4.78, 5) is 7.92. The van der Waals surface area contributed by atoms with Gasteiger partial charge in [-0.25, -0.2) is 4.98 Å². The number of aromatic amines is 1. The lowest BCUT2D eigenvalue weighted by Gasteiger charge is -2.06. The first-order valence-electron chi connectivity index (χ1n) is 5.47. The molecular formula is C11H7F2N5O2. The third-order valence-corrected chi connectivity index (χ3v) is 2.39. The van der Waals surface area contributed by atoms with Crippen molar-refractivity contribution in [2.75, 3.05) is 0 Å². The zero-order valence-electron chi connectivity index (χ0n) is 9.83. The second-order valence-corrected chi connectivity index (χ2v) is 3.63. The molecule has 1 aromatic carbocycles. The SMILES string of the molecule is FC(F)Oc1ccccc1-c1nc(-c2ncn[nH]2)no1. The van der Waals surface area contributed by atoms with Crippen molar-refractivity contribution < 1.29 is 18.0 Å². The number of alkyl halides is 2. The predicted molar refractivity (Wildman–Crippen MR) is 61.7 cm³/mol. The van der Waals surface area contributed by atoms with E-state index in [9.17, 15) is 8.78 Å². The average molecular weight is 279 g/mol. The minimum Gasteiger partial charge on any atom is -0.434 e. The highest BCUT2D eigenvalue weighted by Crippen LogP contribution is 2.30. The van der Waals surface area contributed by atoms with Crippen molar-refractivity contribution in [1.29, 1.82) is 0 Å². The molecule has 0 unspecified atom stereocenters. The summed E-state index contributed by atoms with van der Waals surface area (Å²) in [5.74, 6) is 0.486. The molecule has 0 fully saturated rings. The van der Waals surface area contributed by atoms with E-state index >= 15 is 0 Å². The third-order valence-electron chi connectivity index (χ3n) is 2.39. The molecule has 3 rings (SSSR count). The molecule has 2 aromatic heterocycles. The molecule has 0 aliphatic carbocycles. The highest BCUT2D eigenvalue weighted by atomic mass is 19.3. The fraction of sp³-hybridized carbons (Fsp3) is 0.0909. The van der Waals surface area contributed by atoms with E-state index < -0.39 is 6.61 Å². The van der Waals surface area contributed by atoms with Gasteiger partial charge in [-0.2, -0.15) is 18.9 Å². The minimum atomic E-state index is -2.94. The molecule has 9 heteroatoms. The number of aromatic nitrogens is 5. The Hall–Kier alpha value is -2.84. The molecule has 0 aliphatic heterocycles. The number of rotatable bonds is 4. The molecule has 0 saturated heterocycles. The Morgan fingerprint density at radius 2 is 2.10 bits per heavy atom. The van der Waals surface area contributed by atoms with E-state index in [0.29, 0.717) is 5.82 Å². The molecule has 0 saturated carbocycles. The highest BCUT2D eigenvalue weighted by Gasteiger charge is 2.17. The number of halogens is 2. The Morgan fingerprint density at radius 1 is 1.25 bits per heavy atom. The van der Waals surface area contributed by atoms with Crippen LogP contribution in [0.15, 0.2) is 35.1 Å². The van der Waals surface area contributed by atoms with Gasteiger partial charge in [-0.05, 0) is 12.1 Å². The van der Waals surface area contributed by atoms with Crippen molar-refractivity contribution in [1.82, 2.24) is 25.3 Å². The first-order chi connectivity index (χ1) is 9.74. The van der Waals surface area contributed by atoms with Crippen LogP contribution in [-0.4, -0.2) is 31.9 Å². The molecule has 3 aromatic rings. The Balaban J connectivity index is 1.97. The number of benzene rings is 1. The van der Waals surface area contributed by atoms with Gasteiger partial charge in [0, 0.05) is 0 Å². The second-order valence-electron chi connectivity index (χ2n) is 3.63. The number of hydrogen-bond donors (Lipinski definition) is 1. The normalized spacial score (nSPS) is 10.9. The van der Waals surface area contributed by atoms with Gasteiger partial charge in [0.1, 0.15) is 12.1 Å². The van der Waals surface area contributed by atoms with E-state index in [1.54, 1.807) is 12.1 Å². The molecule has 0 bridgehead atoms. The molecule has 102 valence electrons. The van der Waals surface area contributed by atoms with Crippen molar-refractivity contribution in [3.05, 3.63) is 30.6 Å². The van der Waals surface area contributed by atoms with Crippen LogP contribution < -0.4 is 4.74 Å². The molecule has 0 aliphatic rings. The molecule has 7 nitrogen and oxygen atoms in total. The Bertz CT molecular complexity index is 698. The van der Waals surface area contributed by atoms with E-state index in [-0.39, 0.29) is 23.0 Å². The van der Waals surface area contributed by atoms with Gasteiger partial charge in [-0.3, -0.25) is 5.10 Å². The summed E-state index contributed by atoms with van der Waals surface area (Å²) in [7, 11) is 0. The van der Waals surface area contributed by atoms with Crippen LogP contribution in [0.3, 0.4) is 0 Å². The molecule has 1 N–H and O–H groups in total. The standard InChI is InChI=1S/C11H7F2N5O2/c12-11(13)19-7-4-2-1-3-6(7)10-16-9(18-20-10)8-14-5-15-17-8/h1-5,11H,(H,14,15,17). The third kappa shape index (κ3) is 2.32. The lowest BCUT2D eigenvalue weighted by Crippen LogP contribution is -2.03. The van der Waals surface area contributed by atoms with Crippen LogP contribution in [0.2, 0.25) is 0 Å². The summed E-state index contributed by atoms with van der Waals surface area (Å²) in [6, 6.07) is 6.14. The van der Waals surface area contributed by atoms with Gasteiger partial charge in [0.05, 0.1) is 5.56 Å². The number of H-pyrrole nitrogens is 1. The summed E-state index contributed by atoms with van der Waals surface area (Å²) in [5, 5.41) is 9.92. The van der Waals surface area contributed by atoms with Crippen LogP contribution in [0.5, 0.6) is 5.75 Å². The Kier molecular flexibility index (Phi) is 3.07. The molecule has 0 radical (unpaired) electrons. The van der Waals surface area contributed by atoms with Crippen LogP contribution in [0, 0.1) is 0 Å². The van der Waals surface area contributed by atoms with Crippen LogP contribution in [0.1, 0.15) is 0 Å². The van der Waals surface area contributed by atoms with Gasteiger partial charge in [0.15, 0.2) is 5.82 Å². The van der Waals surface area contributed by atoms with Crippen LogP contribution >= 0.6 is 0 Å². The van der Waals surface area contributed by atoms with Gasteiger partial charge in [0.25, 0.3) is 5.89 Å².